The van der Waals surface area contributed by atoms with Gasteiger partial charge in [0.1, 0.15) is 0 Å². The first-order valence-corrected chi connectivity index (χ1v) is 6.66. The maximum Gasteiger partial charge on any atom is 0.430 e. The SMILES string of the molecule is OC(c1cc(Br)cc(C2OCCO2)c1)(C(F)(F)F)C(F)(F)F. The molecule has 1 aliphatic rings. The van der Waals surface area contributed by atoms with Crippen molar-refractivity contribution in [2.24, 2.45) is 0 Å². The van der Waals surface area contributed by atoms with Crippen LogP contribution in [0.25, 0.3) is 0 Å². The van der Waals surface area contributed by atoms with Gasteiger partial charge in [0.25, 0.3) is 5.60 Å². The zero-order chi connectivity index (χ0) is 16.8. The molecule has 1 aromatic carbocycles. The number of ether oxygens (including phenoxy) is 2. The quantitative estimate of drug-likeness (QED) is 0.775. The van der Waals surface area contributed by atoms with Crippen molar-refractivity contribution in [1.29, 1.82) is 0 Å². The molecule has 1 heterocycles. The average molecular weight is 395 g/mol. The van der Waals surface area contributed by atoms with Crippen LogP contribution < -0.4 is 0 Å². The standard InChI is InChI=1S/C12H9BrF6O3/c13-8-4-6(9-21-1-2-22-9)3-7(5-8)10(20,11(14,15)16)12(17,18)19/h3-5,9,20H,1-2H2. The number of hydrogen-bond donors (Lipinski definition) is 1. The summed E-state index contributed by atoms with van der Waals surface area (Å²) in [5.41, 5.74) is -6.42. The van der Waals surface area contributed by atoms with E-state index in [1.807, 2.05) is 0 Å². The first-order chi connectivity index (χ1) is 9.97. The largest absolute Gasteiger partial charge is 0.430 e. The molecular formula is C12H9BrF6O3. The van der Waals surface area contributed by atoms with Crippen LogP contribution in [-0.2, 0) is 15.1 Å². The Morgan fingerprint density at radius 2 is 1.45 bits per heavy atom. The number of alkyl halides is 6. The fourth-order valence-electron chi connectivity index (χ4n) is 2.00. The van der Waals surface area contributed by atoms with E-state index in [1.165, 1.54) is 6.07 Å². The van der Waals surface area contributed by atoms with Gasteiger partial charge in [-0.05, 0) is 18.2 Å². The average Bonchev–Trinajstić information content (AvgIpc) is 2.88. The number of aliphatic hydroxyl groups is 1. The molecule has 0 bridgehead atoms. The minimum atomic E-state index is -5.94. The smallest absolute Gasteiger partial charge is 0.369 e. The molecule has 3 nitrogen and oxygen atoms in total. The Morgan fingerprint density at radius 1 is 0.955 bits per heavy atom. The Morgan fingerprint density at radius 3 is 1.91 bits per heavy atom. The summed E-state index contributed by atoms with van der Waals surface area (Å²) in [6.07, 6.45) is -13.0. The van der Waals surface area contributed by atoms with Gasteiger partial charge in [-0.3, -0.25) is 0 Å². The monoisotopic (exact) mass is 394 g/mol. The maximum atomic E-state index is 12.9. The lowest BCUT2D eigenvalue weighted by Gasteiger charge is -2.33. The van der Waals surface area contributed by atoms with Gasteiger partial charge >= 0.3 is 12.4 Å². The zero-order valence-corrected chi connectivity index (χ0v) is 12.2. The van der Waals surface area contributed by atoms with E-state index in [2.05, 4.69) is 15.9 Å². The van der Waals surface area contributed by atoms with Crippen molar-refractivity contribution in [2.45, 2.75) is 24.2 Å². The molecule has 1 N–H and O–H groups in total. The van der Waals surface area contributed by atoms with Gasteiger partial charge < -0.3 is 14.6 Å². The van der Waals surface area contributed by atoms with Gasteiger partial charge in [0.2, 0.25) is 0 Å². The first kappa shape index (κ1) is 17.5. The second kappa shape index (κ2) is 5.66. The van der Waals surface area contributed by atoms with Gasteiger partial charge in [-0.15, -0.1) is 0 Å². The number of hydrogen-bond acceptors (Lipinski definition) is 3. The molecule has 0 spiro atoms. The Bertz CT molecular complexity index is 537. The van der Waals surface area contributed by atoms with Gasteiger partial charge in [-0.1, -0.05) is 15.9 Å². The van der Waals surface area contributed by atoms with E-state index in [-0.39, 0.29) is 23.2 Å². The first-order valence-electron chi connectivity index (χ1n) is 5.87. The summed E-state index contributed by atoms with van der Waals surface area (Å²) in [5, 5.41) is 9.39. The highest BCUT2D eigenvalue weighted by atomic mass is 79.9. The van der Waals surface area contributed by atoms with Crippen LogP contribution in [-0.4, -0.2) is 30.7 Å². The third-order valence-electron chi connectivity index (χ3n) is 3.05. The Labute approximate surface area is 128 Å². The molecule has 0 amide bonds. The van der Waals surface area contributed by atoms with Crippen molar-refractivity contribution >= 4 is 15.9 Å². The molecule has 0 radical (unpaired) electrons. The second-order valence-corrected chi connectivity index (χ2v) is 5.47. The van der Waals surface area contributed by atoms with Gasteiger partial charge in [0.05, 0.1) is 13.2 Å². The zero-order valence-electron chi connectivity index (χ0n) is 10.6. The Balaban J connectivity index is 2.58. The molecule has 22 heavy (non-hydrogen) atoms. The molecule has 0 atom stereocenters. The lowest BCUT2D eigenvalue weighted by Crippen LogP contribution is -2.54. The second-order valence-electron chi connectivity index (χ2n) is 4.55. The highest BCUT2D eigenvalue weighted by molar-refractivity contribution is 9.10. The summed E-state index contributed by atoms with van der Waals surface area (Å²) >= 11 is 2.83. The number of halogens is 7. The summed E-state index contributed by atoms with van der Waals surface area (Å²) in [7, 11) is 0. The van der Waals surface area contributed by atoms with Crippen molar-refractivity contribution in [2.75, 3.05) is 13.2 Å². The third kappa shape index (κ3) is 2.97. The van der Waals surface area contributed by atoms with Crippen molar-refractivity contribution in [1.82, 2.24) is 0 Å². The lowest BCUT2D eigenvalue weighted by molar-refractivity contribution is -0.376. The van der Waals surface area contributed by atoms with E-state index in [0.717, 1.165) is 0 Å². The molecule has 1 aliphatic heterocycles. The van der Waals surface area contributed by atoms with Crippen LogP contribution in [0.2, 0.25) is 0 Å². The van der Waals surface area contributed by atoms with E-state index in [4.69, 9.17) is 9.47 Å². The summed E-state index contributed by atoms with van der Waals surface area (Å²) in [4.78, 5) is 0. The van der Waals surface area contributed by atoms with Crippen LogP contribution in [0.15, 0.2) is 22.7 Å². The van der Waals surface area contributed by atoms with Crippen LogP contribution in [0.3, 0.4) is 0 Å². The predicted octanol–water partition coefficient (Wildman–Crippen LogP) is 3.81. The van der Waals surface area contributed by atoms with E-state index in [9.17, 15) is 31.4 Å². The molecule has 0 aliphatic carbocycles. The molecule has 10 heteroatoms. The number of rotatable bonds is 2. The summed E-state index contributed by atoms with van der Waals surface area (Å²) in [5.74, 6) is 0. The summed E-state index contributed by atoms with van der Waals surface area (Å²) in [6.45, 7) is 0.324. The topological polar surface area (TPSA) is 38.7 Å². The van der Waals surface area contributed by atoms with E-state index >= 15 is 0 Å². The molecule has 1 aromatic rings. The van der Waals surface area contributed by atoms with Gasteiger partial charge in [-0.2, -0.15) is 26.3 Å². The van der Waals surface area contributed by atoms with Crippen LogP contribution in [0.4, 0.5) is 26.3 Å². The van der Waals surface area contributed by atoms with Crippen LogP contribution in [0.5, 0.6) is 0 Å². The molecule has 2 rings (SSSR count). The highest BCUT2D eigenvalue weighted by Gasteiger charge is 2.71. The maximum absolute atomic E-state index is 12.9. The fraction of sp³-hybridized carbons (Fsp3) is 0.500. The molecule has 0 aromatic heterocycles. The van der Waals surface area contributed by atoms with E-state index in [1.54, 1.807) is 0 Å². The van der Waals surface area contributed by atoms with Crippen molar-refractivity contribution in [3.63, 3.8) is 0 Å². The van der Waals surface area contributed by atoms with Gasteiger partial charge in [0.15, 0.2) is 6.29 Å². The van der Waals surface area contributed by atoms with E-state index in [0.29, 0.717) is 12.1 Å². The van der Waals surface area contributed by atoms with Gasteiger partial charge in [0, 0.05) is 15.6 Å². The normalized spacial score (nSPS) is 18.0. The molecular weight excluding hydrogens is 386 g/mol. The molecule has 0 saturated carbocycles. The highest BCUT2D eigenvalue weighted by Crippen LogP contribution is 2.50. The van der Waals surface area contributed by atoms with Crippen LogP contribution in [0.1, 0.15) is 17.4 Å². The summed E-state index contributed by atoms with van der Waals surface area (Å²) in [6, 6.07) is 2.38. The minimum absolute atomic E-state index is 0.0613. The fourth-order valence-corrected chi connectivity index (χ4v) is 2.51. The van der Waals surface area contributed by atoms with Crippen molar-refractivity contribution < 1.29 is 40.9 Å². The van der Waals surface area contributed by atoms with Gasteiger partial charge in [-0.25, -0.2) is 0 Å². The Kier molecular flexibility index (Phi) is 4.51. The van der Waals surface area contributed by atoms with Crippen molar-refractivity contribution in [3.05, 3.63) is 33.8 Å². The lowest BCUT2D eigenvalue weighted by atomic mass is 9.91. The number of benzene rings is 1. The van der Waals surface area contributed by atoms with Crippen LogP contribution >= 0.6 is 15.9 Å². The Hall–Kier alpha value is -0.840. The molecule has 0 unspecified atom stereocenters. The van der Waals surface area contributed by atoms with E-state index < -0.39 is 29.8 Å². The molecule has 124 valence electrons. The molecule has 1 fully saturated rings. The van der Waals surface area contributed by atoms with Crippen molar-refractivity contribution in [3.8, 4) is 0 Å². The predicted molar refractivity (Wildman–Crippen MR) is 64.8 cm³/mol. The summed E-state index contributed by atoms with van der Waals surface area (Å²) < 4.78 is 87.3. The molecule has 1 saturated heterocycles. The third-order valence-corrected chi connectivity index (χ3v) is 3.51. The minimum Gasteiger partial charge on any atom is -0.369 e. The van der Waals surface area contributed by atoms with Crippen LogP contribution in [0, 0.1) is 0 Å².